The Morgan fingerprint density at radius 2 is 2.00 bits per heavy atom. The van der Waals surface area contributed by atoms with E-state index in [-0.39, 0.29) is 0 Å². The minimum absolute atomic E-state index is 0.688. The van der Waals surface area contributed by atoms with E-state index in [1.165, 1.54) is 0 Å². The van der Waals surface area contributed by atoms with Crippen molar-refractivity contribution < 1.29 is 0 Å². The van der Waals surface area contributed by atoms with Crippen molar-refractivity contribution in [3.63, 3.8) is 0 Å². The van der Waals surface area contributed by atoms with Crippen LogP contribution in [0.25, 0.3) is 4.85 Å². The van der Waals surface area contributed by atoms with Gasteiger partial charge in [0.05, 0.1) is 6.57 Å². The predicted octanol–water partition coefficient (Wildman–Crippen LogP) is 4.07. The van der Waals surface area contributed by atoms with Gasteiger partial charge in [-0.3, -0.25) is 0 Å². The Balaban J connectivity index is 3.40. The van der Waals surface area contributed by atoms with Crippen LogP contribution in [0.15, 0.2) is 21.1 Å². The van der Waals surface area contributed by atoms with Crippen LogP contribution < -0.4 is 0 Å². The van der Waals surface area contributed by atoms with Gasteiger partial charge in [0.2, 0.25) is 5.69 Å². The van der Waals surface area contributed by atoms with Crippen LogP contribution in [-0.2, 0) is 0 Å². The first-order valence-corrected chi connectivity index (χ1v) is 4.57. The van der Waals surface area contributed by atoms with Crippen LogP contribution in [0.2, 0.25) is 0 Å². The Labute approximate surface area is 82.5 Å². The molecule has 56 valence electrons. The highest BCUT2D eigenvalue weighted by atomic mass is 79.9. The smallest absolute Gasteiger partial charge is 0.204 e. The normalized spacial score (nSPS) is 9.27. The number of aryl methyl sites for hydroxylation is 1. The maximum Gasteiger partial charge on any atom is 0.204 e. The number of halogens is 2. The highest BCUT2D eigenvalue weighted by Gasteiger charge is 2.03. The summed E-state index contributed by atoms with van der Waals surface area (Å²) < 4.78 is 1.84. The molecule has 0 spiro atoms. The van der Waals surface area contributed by atoms with Crippen LogP contribution in [0.4, 0.5) is 5.69 Å². The van der Waals surface area contributed by atoms with Crippen LogP contribution in [0, 0.1) is 13.5 Å². The van der Waals surface area contributed by atoms with Crippen molar-refractivity contribution in [2.75, 3.05) is 0 Å². The molecule has 1 rings (SSSR count). The summed E-state index contributed by atoms with van der Waals surface area (Å²) in [7, 11) is 0. The van der Waals surface area contributed by atoms with E-state index in [1.54, 1.807) is 0 Å². The lowest BCUT2D eigenvalue weighted by Crippen LogP contribution is -1.74. The minimum Gasteiger partial charge on any atom is -0.237 e. The third-order valence-corrected chi connectivity index (χ3v) is 2.39. The van der Waals surface area contributed by atoms with Crippen molar-refractivity contribution in [2.45, 2.75) is 6.92 Å². The van der Waals surface area contributed by atoms with Crippen molar-refractivity contribution >= 4 is 37.5 Å². The largest absolute Gasteiger partial charge is 0.237 e. The maximum absolute atomic E-state index is 6.88. The van der Waals surface area contributed by atoms with Gasteiger partial charge in [0, 0.05) is 8.95 Å². The molecule has 0 atom stereocenters. The van der Waals surface area contributed by atoms with Crippen LogP contribution in [-0.4, -0.2) is 0 Å². The fourth-order valence-electron chi connectivity index (χ4n) is 0.836. The van der Waals surface area contributed by atoms with Gasteiger partial charge >= 0.3 is 0 Å². The molecule has 0 fully saturated rings. The second-order valence-corrected chi connectivity index (χ2v) is 3.93. The molecule has 0 bridgehead atoms. The van der Waals surface area contributed by atoms with Gasteiger partial charge in [-0.2, -0.15) is 0 Å². The van der Waals surface area contributed by atoms with Crippen molar-refractivity contribution in [3.8, 4) is 0 Å². The molecule has 0 aromatic heterocycles. The molecule has 0 aliphatic carbocycles. The Kier molecular flexibility index (Phi) is 2.69. The predicted molar refractivity (Wildman–Crippen MR) is 52.8 cm³/mol. The lowest BCUT2D eigenvalue weighted by molar-refractivity contribution is 1.45. The summed E-state index contributed by atoms with van der Waals surface area (Å²) in [6.07, 6.45) is 0. The quantitative estimate of drug-likeness (QED) is 0.628. The summed E-state index contributed by atoms with van der Waals surface area (Å²) in [6, 6.07) is 3.80. The molecular weight excluding hydrogens is 270 g/mol. The van der Waals surface area contributed by atoms with Gasteiger partial charge in [0.15, 0.2) is 0 Å². The molecule has 3 heteroatoms. The summed E-state index contributed by atoms with van der Waals surface area (Å²) in [5, 5.41) is 0. The third kappa shape index (κ3) is 1.82. The number of benzene rings is 1. The van der Waals surface area contributed by atoms with Crippen molar-refractivity contribution in [3.05, 3.63) is 38.1 Å². The Morgan fingerprint density at radius 1 is 1.36 bits per heavy atom. The maximum atomic E-state index is 6.88. The van der Waals surface area contributed by atoms with Gasteiger partial charge < -0.3 is 0 Å². The number of hydrogen-bond donors (Lipinski definition) is 0. The van der Waals surface area contributed by atoms with E-state index < -0.39 is 0 Å². The van der Waals surface area contributed by atoms with E-state index >= 15 is 0 Å². The van der Waals surface area contributed by atoms with E-state index in [0.29, 0.717) is 5.69 Å². The molecule has 0 amide bonds. The Morgan fingerprint density at radius 3 is 2.45 bits per heavy atom. The first-order valence-electron chi connectivity index (χ1n) is 2.98. The van der Waals surface area contributed by atoms with Crippen LogP contribution in [0.3, 0.4) is 0 Å². The van der Waals surface area contributed by atoms with Crippen LogP contribution in [0.1, 0.15) is 5.56 Å². The summed E-state index contributed by atoms with van der Waals surface area (Å²) >= 11 is 6.66. The molecule has 11 heavy (non-hydrogen) atoms. The van der Waals surface area contributed by atoms with Crippen molar-refractivity contribution in [1.29, 1.82) is 0 Å². The van der Waals surface area contributed by atoms with Crippen molar-refractivity contribution in [2.24, 2.45) is 0 Å². The molecule has 0 radical (unpaired) electrons. The molecule has 0 unspecified atom stereocenters. The number of nitrogens with zero attached hydrogens (tertiary/aromatic N) is 1. The zero-order valence-electron chi connectivity index (χ0n) is 5.86. The van der Waals surface area contributed by atoms with Gasteiger partial charge in [0.25, 0.3) is 0 Å². The van der Waals surface area contributed by atoms with E-state index in [4.69, 9.17) is 6.57 Å². The van der Waals surface area contributed by atoms with Gasteiger partial charge in [-0.1, -0.05) is 37.9 Å². The topological polar surface area (TPSA) is 4.36 Å². The van der Waals surface area contributed by atoms with E-state index in [0.717, 1.165) is 14.5 Å². The monoisotopic (exact) mass is 273 g/mol. The zero-order chi connectivity index (χ0) is 8.43. The standard InChI is InChI=1S/C8H5Br2N/c1-5-3-6(9)4-7(10)8(5)11-2/h3-4H,1H3. The molecule has 0 aliphatic heterocycles. The average Bonchev–Trinajstić information content (AvgIpc) is 1.85. The molecule has 0 heterocycles. The lowest BCUT2D eigenvalue weighted by Gasteiger charge is -2.00. The molecular formula is C8H5Br2N. The third-order valence-electron chi connectivity index (χ3n) is 1.33. The Hall–Kier alpha value is -0.330. The fraction of sp³-hybridized carbons (Fsp3) is 0.125. The molecule has 0 saturated heterocycles. The summed E-state index contributed by atoms with van der Waals surface area (Å²) in [6.45, 7) is 8.80. The molecule has 1 aromatic carbocycles. The fourth-order valence-corrected chi connectivity index (χ4v) is 2.36. The van der Waals surface area contributed by atoms with Gasteiger partial charge in [-0.25, -0.2) is 4.85 Å². The van der Waals surface area contributed by atoms with Crippen molar-refractivity contribution in [1.82, 2.24) is 0 Å². The van der Waals surface area contributed by atoms with E-state index in [2.05, 4.69) is 36.7 Å². The van der Waals surface area contributed by atoms with Gasteiger partial charge in [-0.15, -0.1) is 0 Å². The lowest BCUT2D eigenvalue weighted by atomic mass is 10.2. The second-order valence-electron chi connectivity index (χ2n) is 2.16. The zero-order valence-corrected chi connectivity index (χ0v) is 9.03. The molecule has 1 aromatic rings. The molecule has 1 nitrogen and oxygen atoms in total. The van der Waals surface area contributed by atoms with E-state index in [1.807, 2.05) is 19.1 Å². The van der Waals surface area contributed by atoms with Crippen LogP contribution >= 0.6 is 31.9 Å². The van der Waals surface area contributed by atoms with Crippen LogP contribution in [0.5, 0.6) is 0 Å². The number of rotatable bonds is 0. The first-order chi connectivity index (χ1) is 5.15. The second kappa shape index (κ2) is 3.38. The van der Waals surface area contributed by atoms with E-state index in [9.17, 15) is 0 Å². The summed E-state index contributed by atoms with van der Waals surface area (Å²) in [4.78, 5) is 3.39. The average molecular weight is 275 g/mol. The number of hydrogen-bond acceptors (Lipinski definition) is 0. The summed E-state index contributed by atoms with van der Waals surface area (Å²) in [5.41, 5.74) is 1.68. The summed E-state index contributed by atoms with van der Waals surface area (Å²) in [5.74, 6) is 0. The molecule has 0 aliphatic rings. The molecule has 0 saturated carbocycles. The SMILES string of the molecule is [C-]#[N+]c1c(C)cc(Br)cc1Br. The minimum atomic E-state index is 0.688. The highest BCUT2D eigenvalue weighted by molar-refractivity contribution is 9.11. The highest BCUT2D eigenvalue weighted by Crippen LogP contribution is 2.32. The first kappa shape index (κ1) is 8.76. The molecule has 0 N–H and O–H groups in total. The van der Waals surface area contributed by atoms with Gasteiger partial charge in [0.1, 0.15) is 0 Å². The Bertz CT molecular complexity index is 302. The van der Waals surface area contributed by atoms with Gasteiger partial charge in [-0.05, 0) is 18.6 Å².